The van der Waals surface area contributed by atoms with E-state index >= 15 is 0 Å². The van der Waals surface area contributed by atoms with Crippen molar-refractivity contribution in [2.45, 2.75) is 77.2 Å². The second kappa shape index (κ2) is 7.28. The standard InChI is InChI=1S/C19H31NS/c1-2-3-5-16-9-11-19(12-10-16,15-20-17-7-8-17)14-18-6-4-13-21-18/h4,6,13,16-17,20H,2-3,5,7-12,14-15H2,1H3. The van der Waals surface area contributed by atoms with E-state index in [1.807, 2.05) is 11.3 Å². The van der Waals surface area contributed by atoms with E-state index in [-0.39, 0.29) is 0 Å². The molecule has 0 aliphatic heterocycles. The molecule has 118 valence electrons. The molecule has 1 nitrogen and oxygen atoms in total. The van der Waals surface area contributed by atoms with E-state index in [4.69, 9.17) is 0 Å². The highest BCUT2D eigenvalue weighted by Crippen LogP contribution is 2.43. The third-order valence-electron chi connectivity index (χ3n) is 5.60. The minimum atomic E-state index is 0.552. The van der Waals surface area contributed by atoms with E-state index in [1.54, 1.807) is 4.88 Å². The Hall–Kier alpha value is -0.340. The maximum Gasteiger partial charge on any atom is 0.00684 e. The van der Waals surface area contributed by atoms with Crippen molar-refractivity contribution >= 4 is 11.3 Å². The Balaban J connectivity index is 1.57. The van der Waals surface area contributed by atoms with E-state index < -0.39 is 0 Å². The number of thiophene rings is 1. The first kappa shape index (κ1) is 15.6. The summed E-state index contributed by atoms with van der Waals surface area (Å²) in [7, 11) is 0. The fraction of sp³-hybridized carbons (Fsp3) is 0.789. The quantitative estimate of drug-likeness (QED) is 0.677. The van der Waals surface area contributed by atoms with Gasteiger partial charge in [0.1, 0.15) is 0 Å². The molecule has 0 atom stereocenters. The molecule has 0 aromatic carbocycles. The SMILES string of the molecule is CCCCC1CCC(CNC2CC2)(Cc2cccs2)CC1. The van der Waals surface area contributed by atoms with Crippen LogP contribution in [-0.4, -0.2) is 12.6 Å². The average molecular weight is 306 g/mol. The van der Waals surface area contributed by atoms with Crippen LogP contribution in [0.15, 0.2) is 17.5 Å². The highest BCUT2D eigenvalue weighted by molar-refractivity contribution is 7.09. The van der Waals surface area contributed by atoms with Crippen molar-refractivity contribution < 1.29 is 0 Å². The van der Waals surface area contributed by atoms with Crippen LogP contribution in [0.1, 0.15) is 69.6 Å². The molecule has 2 heteroatoms. The molecule has 0 saturated heterocycles. The van der Waals surface area contributed by atoms with Gasteiger partial charge in [-0.25, -0.2) is 0 Å². The van der Waals surface area contributed by atoms with Crippen LogP contribution in [0.3, 0.4) is 0 Å². The Kier molecular flexibility index (Phi) is 5.39. The molecule has 0 bridgehead atoms. The predicted molar refractivity (Wildman–Crippen MR) is 93.0 cm³/mol. The molecule has 2 aliphatic carbocycles. The molecule has 0 radical (unpaired) electrons. The lowest BCUT2D eigenvalue weighted by Crippen LogP contribution is -2.40. The van der Waals surface area contributed by atoms with Gasteiger partial charge in [0.2, 0.25) is 0 Å². The number of unbranched alkanes of at least 4 members (excludes halogenated alkanes) is 1. The third kappa shape index (κ3) is 4.56. The molecule has 2 fully saturated rings. The van der Waals surface area contributed by atoms with Crippen LogP contribution in [-0.2, 0) is 6.42 Å². The van der Waals surface area contributed by atoms with Crippen LogP contribution in [0, 0.1) is 11.3 Å². The zero-order valence-electron chi connectivity index (χ0n) is 13.6. The van der Waals surface area contributed by atoms with Crippen LogP contribution in [0.4, 0.5) is 0 Å². The largest absolute Gasteiger partial charge is 0.313 e. The van der Waals surface area contributed by atoms with Crippen molar-refractivity contribution in [3.8, 4) is 0 Å². The Morgan fingerprint density at radius 3 is 2.67 bits per heavy atom. The summed E-state index contributed by atoms with van der Waals surface area (Å²) in [6, 6.07) is 5.41. The smallest absolute Gasteiger partial charge is 0.00684 e. The van der Waals surface area contributed by atoms with Crippen LogP contribution < -0.4 is 5.32 Å². The Labute approximate surface area is 134 Å². The molecule has 0 unspecified atom stereocenters. The summed E-state index contributed by atoms with van der Waals surface area (Å²) in [4.78, 5) is 1.60. The summed E-state index contributed by atoms with van der Waals surface area (Å²) in [5, 5.41) is 6.08. The Morgan fingerprint density at radius 1 is 1.24 bits per heavy atom. The number of hydrogen-bond donors (Lipinski definition) is 1. The summed E-state index contributed by atoms with van der Waals surface area (Å²) < 4.78 is 0. The Morgan fingerprint density at radius 2 is 2.05 bits per heavy atom. The molecule has 21 heavy (non-hydrogen) atoms. The monoisotopic (exact) mass is 305 g/mol. The number of nitrogens with one attached hydrogen (secondary N) is 1. The zero-order valence-corrected chi connectivity index (χ0v) is 14.4. The van der Waals surface area contributed by atoms with Gasteiger partial charge in [0.15, 0.2) is 0 Å². The molecule has 0 amide bonds. The highest BCUT2D eigenvalue weighted by atomic mass is 32.1. The highest BCUT2D eigenvalue weighted by Gasteiger charge is 2.36. The summed E-state index contributed by atoms with van der Waals surface area (Å²) in [5.41, 5.74) is 0.552. The van der Waals surface area contributed by atoms with Crippen molar-refractivity contribution in [2.24, 2.45) is 11.3 Å². The molecule has 1 N–H and O–H groups in total. The van der Waals surface area contributed by atoms with Gasteiger partial charge < -0.3 is 5.32 Å². The van der Waals surface area contributed by atoms with Gasteiger partial charge in [0.05, 0.1) is 0 Å². The Bertz CT molecular complexity index is 399. The fourth-order valence-corrected chi connectivity index (χ4v) is 4.80. The minimum Gasteiger partial charge on any atom is -0.313 e. The molecule has 2 aliphatic rings. The van der Waals surface area contributed by atoms with Crippen LogP contribution in [0.5, 0.6) is 0 Å². The molecular weight excluding hydrogens is 274 g/mol. The fourth-order valence-electron chi connectivity index (χ4n) is 3.92. The van der Waals surface area contributed by atoms with Gasteiger partial charge in [0, 0.05) is 17.5 Å². The van der Waals surface area contributed by atoms with Crippen LogP contribution in [0.2, 0.25) is 0 Å². The maximum atomic E-state index is 3.84. The van der Waals surface area contributed by atoms with Gasteiger partial charge in [-0.15, -0.1) is 11.3 Å². The van der Waals surface area contributed by atoms with E-state index in [2.05, 4.69) is 29.8 Å². The lowest BCUT2D eigenvalue weighted by atomic mass is 9.67. The molecule has 0 spiro atoms. The van der Waals surface area contributed by atoms with E-state index in [1.165, 1.54) is 70.8 Å². The predicted octanol–water partition coefficient (Wildman–Crippen LogP) is 5.41. The molecular formula is C19H31NS. The number of rotatable bonds is 8. The summed E-state index contributed by atoms with van der Waals surface area (Å²) >= 11 is 1.95. The van der Waals surface area contributed by atoms with Crippen molar-refractivity contribution in [3.63, 3.8) is 0 Å². The molecule has 3 rings (SSSR count). The lowest BCUT2D eigenvalue weighted by Gasteiger charge is -2.40. The first-order valence-corrected chi connectivity index (χ1v) is 9.93. The maximum absolute atomic E-state index is 3.84. The first-order chi connectivity index (χ1) is 10.3. The van der Waals surface area contributed by atoms with E-state index in [0.29, 0.717) is 5.41 Å². The first-order valence-electron chi connectivity index (χ1n) is 9.05. The second-order valence-electron chi connectivity index (χ2n) is 7.50. The average Bonchev–Trinajstić information content (AvgIpc) is 3.21. The van der Waals surface area contributed by atoms with E-state index in [9.17, 15) is 0 Å². The van der Waals surface area contributed by atoms with Crippen molar-refractivity contribution in [1.29, 1.82) is 0 Å². The van der Waals surface area contributed by atoms with Crippen molar-refractivity contribution in [2.75, 3.05) is 6.54 Å². The topological polar surface area (TPSA) is 12.0 Å². The summed E-state index contributed by atoms with van der Waals surface area (Å²) in [6.07, 6.45) is 14.2. The van der Waals surface area contributed by atoms with Gasteiger partial charge >= 0.3 is 0 Å². The third-order valence-corrected chi connectivity index (χ3v) is 6.48. The molecule has 1 aromatic rings. The van der Waals surface area contributed by atoms with Crippen LogP contribution in [0.25, 0.3) is 0 Å². The van der Waals surface area contributed by atoms with Gasteiger partial charge in [-0.1, -0.05) is 32.3 Å². The van der Waals surface area contributed by atoms with Gasteiger partial charge in [0.25, 0.3) is 0 Å². The molecule has 2 saturated carbocycles. The van der Waals surface area contributed by atoms with Crippen LogP contribution >= 0.6 is 11.3 Å². The lowest BCUT2D eigenvalue weighted by molar-refractivity contribution is 0.139. The minimum absolute atomic E-state index is 0.552. The normalized spacial score (nSPS) is 29.7. The van der Waals surface area contributed by atoms with Gasteiger partial charge in [-0.05, 0) is 67.7 Å². The summed E-state index contributed by atoms with van der Waals surface area (Å²) in [6.45, 7) is 3.58. The van der Waals surface area contributed by atoms with Crippen molar-refractivity contribution in [3.05, 3.63) is 22.4 Å². The van der Waals surface area contributed by atoms with E-state index in [0.717, 1.165) is 12.0 Å². The van der Waals surface area contributed by atoms with Gasteiger partial charge in [-0.2, -0.15) is 0 Å². The van der Waals surface area contributed by atoms with Crippen molar-refractivity contribution in [1.82, 2.24) is 5.32 Å². The molecule has 1 aromatic heterocycles. The number of hydrogen-bond acceptors (Lipinski definition) is 2. The van der Waals surface area contributed by atoms with Gasteiger partial charge in [-0.3, -0.25) is 0 Å². The zero-order chi connectivity index (χ0) is 14.5. The summed E-state index contributed by atoms with van der Waals surface area (Å²) in [5.74, 6) is 1.02. The molecule has 1 heterocycles. The second-order valence-corrected chi connectivity index (χ2v) is 8.53.